The molecule has 2 heterocycles. The summed E-state index contributed by atoms with van der Waals surface area (Å²) in [7, 11) is 1.42. The van der Waals surface area contributed by atoms with Gasteiger partial charge in [-0.1, -0.05) is 16.8 Å². The largest absolute Gasteiger partial charge is 0.468 e. The second-order valence-electron chi connectivity index (χ2n) is 6.03. The third-order valence-electron chi connectivity index (χ3n) is 4.43. The molecule has 3 rings (SSSR count). The van der Waals surface area contributed by atoms with Crippen molar-refractivity contribution >= 4 is 17.6 Å². The van der Waals surface area contributed by atoms with Crippen LogP contribution in [-0.2, 0) is 16.1 Å². The van der Waals surface area contributed by atoms with Gasteiger partial charge in [0.05, 0.1) is 13.7 Å². The van der Waals surface area contributed by atoms with Crippen LogP contribution >= 0.6 is 11.6 Å². The summed E-state index contributed by atoms with van der Waals surface area (Å²) in [4.78, 5) is 20.4. The second-order valence-corrected chi connectivity index (χ2v) is 6.47. The summed E-state index contributed by atoms with van der Waals surface area (Å²) in [5, 5.41) is 4.70. The standard InChI is InChI=1S/C17H21ClN4O3/c1-12(17(23)24-2)22-9-7-21(8-10-22)11-15-19-16(20-25-15)13-3-5-14(18)6-4-13/h3-6,12H,7-11H2,1-2H3. The van der Waals surface area contributed by atoms with Crippen LogP contribution in [0.25, 0.3) is 11.4 Å². The maximum atomic E-state index is 11.6. The van der Waals surface area contributed by atoms with E-state index in [0.29, 0.717) is 23.3 Å². The van der Waals surface area contributed by atoms with Crippen LogP contribution in [0.15, 0.2) is 28.8 Å². The molecule has 0 aliphatic carbocycles. The third kappa shape index (κ3) is 4.36. The van der Waals surface area contributed by atoms with Gasteiger partial charge in [-0.25, -0.2) is 0 Å². The fourth-order valence-corrected chi connectivity index (χ4v) is 2.98. The van der Waals surface area contributed by atoms with Crippen LogP contribution < -0.4 is 0 Å². The number of esters is 1. The fraction of sp³-hybridized carbons (Fsp3) is 0.471. The minimum Gasteiger partial charge on any atom is -0.468 e. The summed E-state index contributed by atoms with van der Waals surface area (Å²) < 4.78 is 10.2. The number of aromatic nitrogens is 2. The van der Waals surface area contributed by atoms with E-state index in [1.54, 1.807) is 12.1 Å². The van der Waals surface area contributed by atoms with Crippen molar-refractivity contribution in [3.8, 4) is 11.4 Å². The van der Waals surface area contributed by atoms with Gasteiger partial charge in [0, 0.05) is 36.8 Å². The van der Waals surface area contributed by atoms with Gasteiger partial charge >= 0.3 is 5.97 Å². The van der Waals surface area contributed by atoms with Gasteiger partial charge in [0.25, 0.3) is 0 Å². The minimum atomic E-state index is -0.216. The van der Waals surface area contributed by atoms with E-state index >= 15 is 0 Å². The molecule has 0 saturated carbocycles. The molecule has 1 saturated heterocycles. The van der Waals surface area contributed by atoms with E-state index in [4.69, 9.17) is 20.9 Å². The normalized spacial score (nSPS) is 17.4. The van der Waals surface area contributed by atoms with Crippen molar-refractivity contribution in [1.29, 1.82) is 0 Å². The van der Waals surface area contributed by atoms with Crippen LogP contribution in [0.4, 0.5) is 0 Å². The summed E-state index contributed by atoms with van der Waals surface area (Å²) in [5.41, 5.74) is 0.871. The monoisotopic (exact) mass is 364 g/mol. The number of hydrogen-bond donors (Lipinski definition) is 0. The molecule has 1 unspecified atom stereocenters. The van der Waals surface area contributed by atoms with Crippen molar-refractivity contribution in [2.45, 2.75) is 19.5 Å². The Kier molecular flexibility index (Phi) is 5.67. The summed E-state index contributed by atoms with van der Waals surface area (Å²) in [5.74, 6) is 0.946. The first-order chi connectivity index (χ1) is 12.1. The van der Waals surface area contributed by atoms with Crippen molar-refractivity contribution < 1.29 is 14.1 Å². The summed E-state index contributed by atoms with van der Waals surface area (Å²) in [6.45, 7) is 5.74. The van der Waals surface area contributed by atoms with Crippen LogP contribution in [0.5, 0.6) is 0 Å². The first kappa shape index (κ1) is 17.8. The molecular formula is C17H21ClN4O3. The van der Waals surface area contributed by atoms with Crippen molar-refractivity contribution in [2.75, 3.05) is 33.3 Å². The number of benzene rings is 1. The molecule has 2 aromatic rings. The number of carbonyl (C=O) groups is 1. The lowest BCUT2D eigenvalue weighted by Gasteiger charge is -2.36. The molecule has 0 spiro atoms. The van der Waals surface area contributed by atoms with Gasteiger partial charge < -0.3 is 9.26 Å². The highest BCUT2D eigenvalue weighted by Gasteiger charge is 2.26. The molecule has 1 aliphatic rings. The second kappa shape index (κ2) is 7.95. The van der Waals surface area contributed by atoms with Gasteiger partial charge in [-0.3, -0.25) is 14.6 Å². The summed E-state index contributed by atoms with van der Waals surface area (Å²) >= 11 is 5.89. The lowest BCUT2D eigenvalue weighted by molar-refractivity contribution is -0.147. The number of methoxy groups -OCH3 is 1. The van der Waals surface area contributed by atoms with Gasteiger partial charge in [-0.15, -0.1) is 0 Å². The number of halogens is 1. The van der Waals surface area contributed by atoms with Gasteiger partial charge in [-0.05, 0) is 31.2 Å². The van der Waals surface area contributed by atoms with Crippen molar-refractivity contribution in [3.63, 3.8) is 0 Å². The predicted octanol–water partition coefficient (Wildman–Crippen LogP) is 2.07. The maximum Gasteiger partial charge on any atom is 0.322 e. The first-order valence-corrected chi connectivity index (χ1v) is 8.57. The maximum absolute atomic E-state index is 11.6. The predicted molar refractivity (Wildman–Crippen MR) is 93.1 cm³/mol. The van der Waals surface area contributed by atoms with E-state index in [1.165, 1.54) is 7.11 Å². The van der Waals surface area contributed by atoms with E-state index < -0.39 is 0 Å². The molecule has 1 aromatic heterocycles. The summed E-state index contributed by atoms with van der Waals surface area (Å²) in [6, 6.07) is 7.11. The average molecular weight is 365 g/mol. The van der Waals surface area contributed by atoms with Crippen molar-refractivity contribution in [1.82, 2.24) is 19.9 Å². The molecule has 1 atom stereocenters. The topological polar surface area (TPSA) is 71.7 Å². The Labute approximate surface area is 151 Å². The van der Waals surface area contributed by atoms with Gasteiger partial charge in [0.2, 0.25) is 11.7 Å². The molecule has 7 nitrogen and oxygen atoms in total. The molecule has 0 amide bonds. The molecule has 1 aliphatic heterocycles. The van der Waals surface area contributed by atoms with Crippen LogP contribution in [0.1, 0.15) is 12.8 Å². The lowest BCUT2D eigenvalue weighted by atomic mass is 10.2. The highest BCUT2D eigenvalue weighted by Crippen LogP contribution is 2.19. The zero-order valence-electron chi connectivity index (χ0n) is 14.3. The molecule has 0 radical (unpaired) electrons. The van der Waals surface area contributed by atoms with Crippen LogP contribution in [0.2, 0.25) is 5.02 Å². The Morgan fingerprint density at radius 3 is 2.60 bits per heavy atom. The number of ether oxygens (including phenoxy) is 1. The van der Waals surface area contributed by atoms with E-state index in [2.05, 4.69) is 19.9 Å². The number of hydrogen-bond acceptors (Lipinski definition) is 7. The van der Waals surface area contributed by atoms with E-state index in [0.717, 1.165) is 31.7 Å². The SMILES string of the molecule is COC(=O)C(C)N1CCN(Cc2nc(-c3ccc(Cl)cc3)no2)CC1. The van der Waals surface area contributed by atoms with E-state index in [-0.39, 0.29) is 12.0 Å². The van der Waals surface area contributed by atoms with E-state index in [9.17, 15) is 4.79 Å². The number of nitrogens with zero attached hydrogens (tertiary/aromatic N) is 4. The number of rotatable bonds is 5. The Morgan fingerprint density at radius 2 is 1.96 bits per heavy atom. The summed E-state index contributed by atoms with van der Waals surface area (Å²) in [6.07, 6.45) is 0. The molecule has 1 fully saturated rings. The van der Waals surface area contributed by atoms with Gasteiger partial charge in [0.1, 0.15) is 6.04 Å². The minimum absolute atomic E-state index is 0.196. The molecule has 0 bridgehead atoms. The van der Waals surface area contributed by atoms with Crippen molar-refractivity contribution in [2.24, 2.45) is 0 Å². The molecule has 134 valence electrons. The van der Waals surface area contributed by atoms with Gasteiger partial charge in [-0.2, -0.15) is 4.98 Å². The quantitative estimate of drug-likeness (QED) is 0.752. The molecule has 1 aromatic carbocycles. The smallest absolute Gasteiger partial charge is 0.322 e. The Hall–Kier alpha value is -1.96. The van der Waals surface area contributed by atoms with E-state index in [1.807, 2.05) is 19.1 Å². The highest BCUT2D eigenvalue weighted by atomic mass is 35.5. The van der Waals surface area contributed by atoms with Crippen LogP contribution in [0, 0.1) is 0 Å². The Morgan fingerprint density at radius 1 is 1.28 bits per heavy atom. The van der Waals surface area contributed by atoms with Crippen LogP contribution in [-0.4, -0.2) is 65.2 Å². The average Bonchev–Trinajstić information content (AvgIpc) is 3.10. The lowest BCUT2D eigenvalue weighted by Crippen LogP contribution is -2.51. The zero-order valence-corrected chi connectivity index (χ0v) is 15.1. The van der Waals surface area contributed by atoms with Crippen molar-refractivity contribution in [3.05, 3.63) is 35.2 Å². The third-order valence-corrected chi connectivity index (χ3v) is 4.68. The molecule has 0 N–H and O–H groups in total. The zero-order chi connectivity index (χ0) is 17.8. The molecular weight excluding hydrogens is 344 g/mol. The fourth-order valence-electron chi connectivity index (χ4n) is 2.85. The Bertz CT molecular complexity index is 711. The van der Waals surface area contributed by atoms with Crippen LogP contribution in [0.3, 0.4) is 0 Å². The number of piperazine rings is 1. The van der Waals surface area contributed by atoms with Gasteiger partial charge in [0.15, 0.2) is 0 Å². The molecule has 8 heteroatoms. The Balaban J connectivity index is 1.54. The highest BCUT2D eigenvalue weighted by molar-refractivity contribution is 6.30. The first-order valence-electron chi connectivity index (χ1n) is 8.19. The number of carbonyl (C=O) groups excluding carboxylic acids is 1. The molecule has 25 heavy (non-hydrogen) atoms.